The molecule has 4 heteroatoms. The molecule has 0 radical (unpaired) electrons. The Balaban J connectivity index is 1.60. The molecular weight excluding hydrogens is 254 g/mol. The molecular formula is C16H17NO3. The van der Waals surface area contributed by atoms with Crippen LogP contribution in [0.5, 0.6) is 11.5 Å². The van der Waals surface area contributed by atoms with Gasteiger partial charge in [0.05, 0.1) is 6.61 Å². The largest absolute Gasteiger partial charge is 0.486 e. The molecule has 2 heterocycles. The van der Waals surface area contributed by atoms with Crippen LogP contribution in [0, 0.1) is 0 Å². The lowest BCUT2D eigenvalue weighted by atomic mass is 10.1. The van der Waals surface area contributed by atoms with E-state index in [9.17, 15) is 0 Å². The predicted octanol–water partition coefficient (Wildman–Crippen LogP) is 2.35. The lowest BCUT2D eigenvalue weighted by molar-refractivity contribution is 0.0849. The summed E-state index contributed by atoms with van der Waals surface area (Å²) in [4.78, 5) is 4.31. The van der Waals surface area contributed by atoms with Crippen molar-refractivity contribution in [2.24, 2.45) is 0 Å². The predicted molar refractivity (Wildman–Crippen MR) is 74.8 cm³/mol. The van der Waals surface area contributed by atoms with Crippen LogP contribution in [0.4, 0.5) is 0 Å². The number of aromatic nitrogens is 1. The molecule has 0 unspecified atom stereocenters. The number of ether oxygens (including phenoxy) is 2. The Morgan fingerprint density at radius 1 is 1.20 bits per heavy atom. The summed E-state index contributed by atoms with van der Waals surface area (Å²) < 4.78 is 11.6. The van der Waals surface area contributed by atoms with E-state index in [-0.39, 0.29) is 12.7 Å². The molecule has 1 aliphatic heterocycles. The number of aliphatic hydroxyl groups is 1. The van der Waals surface area contributed by atoms with Gasteiger partial charge in [0.2, 0.25) is 0 Å². The number of hydrogen-bond donors (Lipinski definition) is 1. The van der Waals surface area contributed by atoms with E-state index in [0.717, 1.165) is 35.6 Å². The van der Waals surface area contributed by atoms with Crippen molar-refractivity contribution in [2.45, 2.75) is 25.6 Å². The Morgan fingerprint density at radius 3 is 2.90 bits per heavy atom. The standard InChI is InChI=1S/C16H17NO3/c18-10-12-7-8-17-13(9-12)5-6-14-11-19-15-3-1-2-4-16(15)20-14/h1-4,7-9,14,18H,5-6,10-11H2/t14-/m1/s1. The molecule has 0 saturated heterocycles. The zero-order valence-electron chi connectivity index (χ0n) is 11.2. The second-order valence-electron chi connectivity index (χ2n) is 4.85. The number of benzene rings is 1. The Morgan fingerprint density at radius 2 is 2.05 bits per heavy atom. The first kappa shape index (κ1) is 12.9. The van der Waals surface area contributed by atoms with Gasteiger partial charge in [-0.15, -0.1) is 0 Å². The third-order valence-corrected chi connectivity index (χ3v) is 3.35. The summed E-state index contributed by atoms with van der Waals surface area (Å²) in [6.45, 7) is 0.614. The van der Waals surface area contributed by atoms with Crippen LogP contribution in [0.25, 0.3) is 0 Å². The van der Waals surface area contributed by atoms with Crippen molar-refractivity contribution < 1.29 is 14.6 Å². The number of fused-ring (bicyclic) bond motifs is 1. The second kappa shape index (κ2) is 5.92. The molecule has 1 N–H and O–H groups in total. The van der Waals surface area contributed by atoms with Crippen LogP contribution in [0.2, 0.25) is 0 Å². The van der Waals surface area contributed by atoms with Crippen LogP contribution in [0.1, 0.15) is 17.7 Å². The van der Waals surface area contributed by atoms with Crippen molar-refractivity contribution in [1.82, 2.24) is 4.98 Å². The number of hydrogen-bond acceptors (Lipinski definition) is 4. The van der Waals surface area contributed by atoms with E-state index in [2.05, 4.69) is 4.98 Å². The third kappa shape index (κ3) is 2.91. The van der Waals surface area contributed by atoms with E-state index in [0.29, 0.717) is 6.61 Å². The van der Waals surface area contributed by atoms with E-state index < -0.39 is 0 Å². The first-order valence-corrected chi connectivity index (χ1v) is 6.78. The van der Waals surface area contributed by atoms with Crippen LogP contribution in [0.3, 0.4) is 0 Å². The average molecular weight is 271 g/mol. The molecule has 1 atom stereocenters. The number of nitrogens with zero attached hydrogens (tertiary/aromatic N) is 1. The summed E-state index contributed by atoms with van der Waals surface area (Å²) in [7, 11) is 0. The first-order valence-electron chi connectivity index (χ1n) is 6.78. The highest BCUT2D eigenvalue weighted by Crippen LogP contribution is 2.31. The molecule has 104 valence electrons. The molecule has 0 amide bonds. The molecule has 0 fully saturated rings. The highest BCUT2D eigenvalue weighted by atomic mass is 16.6. The fraction of sp³-hybridized carbons (Fsp3) is 0.312. The van der Waals surface area contributed by atoms with Gasteiger partial charge in [0.25, 0.3) is 0 Å². The zero-order chi connectivity index (χ0) is 13.8. The molecule has 0 saturated carbocycles. The highest BCUT2D eigenvalue weighted by Gasteiger charge is 2.20. The minimum atomic E-state index is 0.0458. The number of aryl methyl sites for hydroxylation is 1. The molecule has 20 heavy (non-hydrogen) atoms. The Bertz CT molecular complexity index is 585. The summed E-state index contributed by atoms with van der Waals surface area (Å²) in [5.74, 6) is 1.62. The Hall–Kier alpha value is -2.07. The smallest absolute Gasteiger partial charge is 0.161 e. The van der Waals surface area contributed by atoms with Crippen LogP contribution >= 0.6 is 0 Å². The number of pyridine rings is 1. The quantitative estimate of drug-likeness (QED) is 0.927. The molecule has 0 spiro atoms. The molecule has 2 aromatic rings. The van der Waals surface area contributed by atoms with E-state index in [4.69, 9.17) is 14.6 Å². The van der Waals surface area contributed by atoms with Gasteiger partial charge in [-0.2, -0.15) is 0 Å². The van der Waals surface area contributed by atoms with E-state index in [1.165, 1.54) is 0 Å². The van der Waals surface area contributed by atoms with Crippen molar-refractivity contribution in [3.8, 4) is 11.5 Å². The van der Waals surface area contributed by atoms with Gasteiger partial charge >= 0.3 is 0 Å². The van der Waals surface area contributed by atoms with Gasteiger partial charge in [0.15, 0.2) is 11.5 Å². The molecule has 1 aliphatic rings. The van der Waals surface area contributed by atoms with Crippen molar-refractivity contribution in [2.75, 3.05) is 6.61 Å². The fourth-order valence-electron chi connectivity index (χ4n) is 2.28. The summed E-state index contributed by atoms with van der Waals surface area (Å²) in [5, 5.41) is 9.12. The first-order chi connectivity index (χ1) is 9.85. The molecule has 1 aromatic carbocycles. The van der Waals surface area contributed by atoms with Crippen molar-refractivity contribution >= 4 is 0 Å². The van der Waals surface area contributed by atoms with Crippen LogP contribution < -0.4 is 9.47 Å². The maximum Gasteiger partial charge on any atom is 0.161 e. The minimum Gasteiger partial charge on any atom is -0.486 e. The van der Waals surface area contributed by atoms with Gasteiger partial charge in [-0.1, -0.05) is 12.1 Å². The molecule has 1 aromatic heterocycles. The van der Waals surface area contributed by atoms with Crippen LogP contribution in [0.15, 0.2) is 42.6 Å². The highest BCUT2D eigenvalue weighted by molar-refractivity contribution is 5.40. The number of para-hydroxylation sites is 2. The van der Waals surface area contributed by atoms with Gasteiger partial charge in [0.1, 0.15) is 12.7 Å². The van der Waals surface area contributed by atoms with Gasteiger partial charge in [-0.3, -0.25) is 4.98 Å². The third-order valence-electron chi connectivity index (χ3n) is 3.35. The van der Waals surface area contributed by atoms with Crippen molar-refractivity contribution in [3.05, 3.63) is 53.9 Å². The van der Waals surface area contributed by atoms with Gasteiger partial charge in [-0.05, 0) is 42.7 Å². The average Bonchev–Trinajstić information content (AvgIpc) is 2.53. The molecule has 0 bridgehead atoms. The minimum absolute atomic E-state index is 0.0458. The van der Waals surface area contributed by atoms with E-state index >= 15 is 0 Å². The normalized spacial score (nSPS) is 16.9. The lowest BCUT2D eigenvalue weighted by Gasteiger charge is -2.26. The van der Waals surface area contributed by atoms with E-state index in [1.807, 2.05) is 36.4 Å². The maximum atomic E-state index is 9.12. The summed E-state index contributed by atoms with van der Waals surface area (Å²) in [6.07, 6.45) is 3.43. The Labute approximate surface area is 118 Å². The zero-order valence-corrected chi connectivity index (χ0v) is 11.2. The maximum absolute atomic E-state index is 9.12. The van der Waals surface area contributed by atoms with Gasteiger partial charge in [-0.25, -0.2) is 0 Å². The number of rotatable bonds is 4. The molecule has 3 rings (SSSR count). The van der Waals surface area contributed by atoms with Crippen LogP contribution in [-0.4, -0.2) is 22.8 Å². The monoisotopic (exact) mass is 271 g/mol. The SMILES string of the molecule is OCc1ccnc(CC[C@@H]2COc3ccccc3O2)c1. The topological polar surface area (TPSA) is 51.6 Å². The summed E-state index contributed by atoms with van der Waals surface area (Å²) in [6, 6.07) is 11.5. The lowest BCUT2D eigenvalue weighted by Crippen LogP contribution is -2.29. The van der Waals surface area contributed by atoms with Gasteiger partial charge in [0, 0.05) is 11.9 Å². The van der Waals surface area contributed by atoms with E-state index in [1.54, 1.807) is 6.20 Å². The molecule has 4 nitrogen and oxygen atoms in total. The van der Waals surface area contributed by atoms with Crippen molar-refractivity contribution in [1.29, 1.82) is 0 Å². The van der Waals surface area contributed by atoms with Gasteiger partial charge < -0.3 is 14.6 Å². The van der Waals surface area contributed by atoms with Crippen molar-refractivity contribution in [3.63, 3.8) is 0 Å². The fourth-order valence-corrected chi connectivity index (χ4v) is 2.28. The second-order valence-corrected chi connectivity index (χ2v) is 4.85. The van der Waals surface area contributed by atoms with Crippen LogP contribution in [-0.2, 0) is 13.0 Å². The number of aliphatic hydroxyl groups excluding tert-OH is 1. The Kier molecular flexibility index (Phi) is 3.83. The summed E-state index contributed by atoms with van der Waals surface area (Å²) >= 11 is 0. The molecule has 0 aliphatic carbocycles. The summed E-state index contributed by atoms with van der Waals surface area (Å²) in [5.41, 5.74) is 1.86.